The summed E-state index contributed by atoms with van der Waals surface area (Å²) in [7, 11) is 1.59. The maximum absolute atomic E-state index is 11.4. The van der Waals surface area contributed by atoms with Gasteiger partial charge in [-0.1, -0.05) is 6.07 Å². The van der Waals surface area contributed by atoms with Gasteiger partial charge in [0.05, 0.1) is 13.7 Å². The summed E-state index contributed by atoms with van der Waals surface area (Å²) in [4.78, 5) is 11.4. The van der Waals surface area contributed by atoms with E-state index in [2.05, 4.69) is 10.2 Å². The molecular formula is C13H13N3O3. The molecule has 0 spiro atoms. The van der Waals surface area contributed by atoms with Crippen LogP contribution in [0.2, 0.25) is 0 Å². The summed E-state index contributed by atoms with van der Waals surface area (Å²) >= 11 is 0. The number of para-hydroxylation sites is 1. The Bertz CT molecular complexity index is 649. The normalized spacial score (nSPS) is 12.9. The van der Waals surface area contributed by atoms with E-state index in [4.69, 9.17) is 15.2 Å². The molecule has 6 nitrogen and oxygen atoms in total. The summed E-state index contributed by atoms with van der Waals surface area (Å²) in [6.07, 6.45) is 0.571. The van der Waals surface area contributed by atoms with Gasteiger partial charge in [0.1, 0.15) is 11.4 Å². The number of nitrogens with zero attached hydrogens (tertiary/aromatic N) is 1. The van der Waals surface area contributed by atoms with Crippen LogP contribution in [0.3, 0.4) is 0 Å². The van der Waals surface area contributed by atoms with Gasteiger partial charge in [0.15, 0.2) is 11.5 Å². The van der Waals surface area contributed by atoms with E-state index in [0.717, 1.165) is 11.1 Å². The molecule has 0 fully saturated rings. The number of rotatable bonds is 2. The molecule has 0 saturated heterocycles. The number of aromatic amines is 1. The fraction of sp³-hybridized carbons (Fsp3) is 0.231. The summed E-state index contributed by atoms with van der Waals surface area (Å²) in [5, 5.41) is 6.89. The van der Waals surface area contributed by atoms with Gasteiger partial charge in [-0.15, -0.1) is 0 Å². The van der Waals surface area contributed by atoms with E-state index in [1.54, 1.807) is 7.11 Å². The minimum Gasteiger partial charge on any atom is -0.493 e. The zero-order chi connectivity index (χ0) is 13.4. The van der Waals surface area contributed by atoms with E-state index in [1.807, 2.05) is 18.2 Å². The SMILES string of the molecule is COc1cccc2c1OCCc1c-2n[nH]c1C(N)=O. The van der Waals surface area contributed by atoms with Crippen molar-refractivity contribution in [2.24, 2.45) is 5.73 Å². The third-order valence-electron chi connectivity index (χ3n) is 3.17. The largest absolute Gasteiger partial charge is 0.493 e. The van der Waals surface area contributed by atoms with Gasteiger partial charge in [-0.2, -0.15) is 5.10 Å². The minimum absolute atomic E-state index is 0.342. The van der Waals surface area contributed by atoms with Crippen molar-refractivity contribution in [3.05, 3.63) is 29.5 Å². The number of amides is 1. The van der Waals surface area contributed by atoms with E-state index in [-0.39, 0.29) is 0 Å². The lowest BCUT2D eigenvalue weighted by Crippen LogP contribution is -2.14. The molecule has 3 N–H and O–H groups in total. The number of hydrogen-bond acceptors (Lipinski definition) is 4. The quantitative estimate of drug-likeness (QED) is 0.845. The van der Waals surface area contributed by atoms with Crippen molar-refractivity contribution in [3.63, 3.8) is 0 Å². The van der Waals surface area contributed by atoms with Crippen LogP contribution in [0.15, 0.2) is 18.2 Å². The number of fused-ring (bicyclic) bond motifs is 3. The molecule has 1 aromatic carbocycles. The van der Waals surface area contributed by atoms with Crippen molar-refractivity contribution in [1.82, 2.24) is 10.2 Å². The molecule has 2 aromatic rings. The number of primary amides is 1. The number of carbonyl (C=O) groups is 1. The maximum atomic E-state index is 11.4. The first-order valence-electron chi connectivity index (χ1n) is 5.89. The first-order valence-corrected chi connectivity index (χ1v) is 5.89. The highest BCUT2D eigenvalue weighted by Crippen LogP contribution is 2.41. The number of H-pyrrole nitrogens is 1. The highest BCUT2D eigenvalue weighted by Gasteiger charge is 2.25. The lowest BCUT2D eigenvalue weighted by atomic mass is 10.0. The molecule has 1 amide bonds. The molecule has 19 heavy (non-hydrogen) atoms. The molecule has 0 saturated carbocycles. The number of nitrogens with one attached hydrogen (secondary N) is 1. The van der Waals surface area contributed by atoms with Crippen LogP contribution in [0.5, 0.6) is 11.5 Å². The van der Waals surface area contributed by atoms with Crippen LogP contribution < -0.4 is 15.2 Å². The second-order valence-electron chi connectivity index (χ2n) is 4.23. The van der Waals surface area contributed by atoms with Crippen molar-refractivity contribution in [1.29, 1.82) is 0 Å². The minimum atomic E-state index is -0.514. The Labute approximate surface area is 109 Å². The highest BCUT2D eigenvalue weighted by molar-refractivity contribution is 5.94. The molecule has 0 atom stereocenters. The van der Waals surface area contributed by atoms with Gasteiger partial charge in [-0.25, -0.2) is 0 Å². The Morgan fingerprint density at radius 3 is 3.11 bits per heavy atom. The Balaban J connectivity index is 2.23. The summed E-state index contributed by atoms with van der Waals surface area (Å²) in [6.45, 7) is 0.445. The molecule has 98 valence electrons. The predicted octanol–water partition coefficient (Wildman–Crippen LogP) is 1.12. The smallest absolute Gasteiger partial charge is 0.267 e. The van der Waals surface area contributed by atoms with Crippen LogP contribution in [0.25, 0.3) is 11.3 Å². The van der Waals surface area contributed by atoms with E-state index >= 15 is 0 Å². The van der Waals surface area contributed by atoms with E-state index < -0.39 is 5.91 Å². The van der Waals surface area contributed by atoms with Crippen molar-refractivity contribution in [2.45, 2.75) is 6.42 Å². The number of carbonyl (C=O) groups excluding carboxylic acids is 1. The van der Waals surface area contributed by atoms with Crippen LogP contribution in [0.4, 0.5) is 0 Å². The number of ether oxygens (including phenoxy) is 2. The summed E-state index contributed by atoms with van der Waals surface area (Å²) in [5.41, 5.74) is 7.96. The average molecular weight is 259 g/mol. The number of benzene rings is 1. The van der Waals surface area contributed by atoms with Crippen molar-refractivity contribution >= 4 is 5.91 Å². The standard InChI is InChI=1S/C13H13N3O3/c1-18-9-4-2-3-8-10-7(5-6-19-12(8)9)11(13(14)17)16-15-10/h2-4H,5-6H2,1H3,(H2,14,17)(H,15,16). The van der Waals surface area contributed by atoms with Gasteiger partial charge in [0.25, 0.3) is 5.91 Å². The van der Waals surface area contributed by atoms with Gasteiger partial charge >= 0.3 is 0 Å². The van der Waals surface area contributed by atoms with Gasteiger partial charge in [0, 0.05) is 17.5 Å². The molecule has 6 heteroatoms. The van der Waals surface area contributed by atoms with Crippen LogP contribution in [0.1, 0.15) is 16.1 Å². The van der Waals surface area contributed by atoms with E-state index in [9.17, 15) is 4.79 Å². The summed E-state index contributed by atoms with van der Waals surface area (Å²) in [6, 6.07) is 5.56. The van der Waals surface area contributed by atoms with Crippen molar-refractivity contribution < 1.29 is 14.3 Å². The number of aromatic nitrogens is 2. The molecule has 1 aliphatic rings. The van der Waals surface area contributed by atoms with Gasteiger partial charge < -0.3 is 15.2 Å². The molecule has 1 aromatic heterocycles. The Kier molecular flexibility index (Phi) is 2.63. The van der Waals surface area contributed by atoms with Crippen molar-refractivity contribution in [2.75, 3.05) is 13.7 Å². The lowest BCUT2D eigenvalue weighted by Gasteiger charge is -2.10. The van der Waals surface area contributed by atoms with Gasteiger partial charge in [-0.05, 0) is 12.1 Å². The Morgan fingerprint density at radius 1 is 1.53 bits per heavy atom. The highest BCUT2D eigenvalue weighted by atomic mass is 16.5. The molecule has 0 bridgehead atoms. The molecular weight excluding hydrogens is 246 g/mol. The topological polar surface area (TPSA) is 90.2 Å². The van der Waals surface area contributed by atoms with Gasteiger partial charge in [-0.3, -0.25) is 9.89 Å². The van der Waals surface area contributed by atoms with Crippen LogP contribution >= 0.6 is 0 Å². The third-order valence-corrected chi connectivity index (χ3v) is 3.17. The monoisotopic (exact) mass is 259 g/mol. The number of hydrogen-bond donors (Lipinski definition) is 2. The Morgan fingerprint density at radius 2 is 2.37 bits per heavy atom. The maximum Gasteiger partial charge on any atom is 0.267 e. The predicted molar refractivity (Wildman–Crippen MR) is 68.3 cm³/mol. The van der Waals surface area contributed by atoms with Crippen LogP contribution in [0, 0.1) is 0 Å². The second-order valence-corrected chi connectivity index (χ2v) is 4.23. The van der Waals surface area contributed by atoms with E-state index in [1.165, 1.54) is 0 Å². The van der Waals surface area contributed by atoms with E-state index in [0.29, 0.717) is 35.9 Å². The van der Waals surface area contributed by atoms with Crippen LogP contribution in [-0.4, -0.2) is 29.8 Å². The number of nitrogens with two attached hydrogens (primary N) is 1. The molecule has 0 unspecified atom stereocenters. The third kappa shape index (κ3) is 1.72. The van der Waals surface area contributed by atoms with Crippen molar-refractivity contribution in [3.8, 4) is 22.8 Å². The first kappa shape index (κ1) is 11.6. The lowest BCUT2D eigenvalue weighted by molar-refractivity contribution is 0.0994. The molecule has 2 heterocycles. The molecule has 0 radical (unpaired) electrons. The molecule has 3 rings (SSSR count). The summed E-state index contributed by atoms with van der Waals surface area (Å²) < 4.78 is 11.0. The first-order chi connectivity index (χ1) is 9.22. The Hall–Kier alpha value is -2.50. The average Bonchev–Trinajstić information content (AvgIpc) is 2.74. The zero-order valence-corrected chi connectivity index (χ0v) is 10.4. The zero-order valence-electron chi connectivity index (χ0n) is 10.4. The summed E-state index contributed by atoms with van der Waals surface area (Å²) in [5.74, 6) is 0.778. The fourth-order valence-corrected chi connectivity index (χ4v) is 2.30. The second kappa shape index (κ2) is 4.31. The molecule has 1 aliphatic heterocycles. The van der Waals surface area contributed by atoms with Crippen LogP contribution in [-0.2, 0) is 6.42 Å². The van der Waals surface area contributed by atoms with Gasteiger partial charge in [0.2, 0.25) is 0 Å². The number of methoxy groups -OCH3 is 1. The fourth-order valence-electron chi connectivity index (χ4n) is 2.30. The molecule has 0 aliphatic carbocycles.